The van der Waals surface area contributed by atoms with Gasteiger partial charge in [-0.05, 0) is 68.7 Å². The molecular formula is C34H37F3N6O8S. The number of hydrogen-bond acceptors (Lipinski definition) is 10. The molecule has 0 bridgehead atoms. The van der Waals surface area contributed by atoms with Crippen molar-refractivity contribution in [1.29, 1.82) is 0 Å². The fourth-order valence-electron chi connectivity index (χ4n) is 4.64. The number of sulfonamides is 1. The van der Waals surface area contributed by atoms with Crippen molar-refractivity contribution in [3.63, 3.8) is 0 Å². The van der Waals surface area contributed by atoms with E-state index in [2.05, 4.69) is 10.4 Å². The molecular weight excluding hydrogens is 709 g/mol. The van der Waals surface area contributed by atoms with Crippen LogP contribution in [0.4, 0.5) is 18.0 Å². The number of nitrogens with zero attached hydrogens (tertiary/aromatic N) is 5. The molecule has 0 aliphatic carbocycles. The Morgan fingerprint density at radius 2 is 1.65 bits per heavy atom. The molecule has 1 heterocycles. The number of carbonyl (C=O) groups is 2. The molecule has 1 atom stereocenters. The van der Waals surface area contributed by atoms with Gasteiger partial charge in [0, 0.05) is 12.5 Å². The topological polar surface area (TPSA) is 167 Å². The SMILES string of the molecule is Cc1ccc(-c2cc(C(F)(F)F)nn2-c2ccc(S(=O)(=O)NC(=O)OCCCCCCN(C)[N+]([O-])=NOC(C)OC(=O)c3ccccc3)cc2)cc1. The number of nitrogens with one attached hydrogen (secondary N) is 1. The maximum atomic E-state index is 13.5. The zero-order valence-electron chi connectivity index (χ0n) is 28.4. The summed E-state index contributed by atoms with van der Waals surface area (Å²) >= 11 is 0. The lowest BCUT2D eigenvalue weighted by atomic mass is 10.1. The summed E-state index contributed by atoms with van der Waals surface area (Å²) in [5, 5.41) is 20.4. The van der Waals surface area contributed by atoms with Crippen molar-refractivity contribution in [1.82, 2.24) is 19.5 Å². The number of aryl methyl sites for hydroxylation is 1. The highest BCUT2D eigenvalue weighted by molar-refractivity contribution is 7.90. The Labute approximate surface area is 298 Å². The highest BCUT2D eigenvalue weighted by atomic mass is 32.2. The van der Waals surface area contributed by atoms with Crippen molar-refractivity contribution >= 4 is 22.1 Å². The zero-order valence-corrected chi connectivity index (χ0v) is 29.3. The predicted molar refractivity (Wildman–Crippen MR) is 180 cm³/mol. The fraction of sp³-hybridized carbons (Fsp3) is 0.324. The second-order valence-electron chi connectivity index (χ2n) is 11.5. The maximum Gasteiger partial charge on any atom is 0.435 e. The molecule has 1 N–H and O–H groups in total. The van der Waals surface area contributed by atoms with Crippen LogP contribution >= 0.6 is 0 Å². The molecule has 0 saturated carbocycles. The van der Waals surface area contributed by atoms with Crippen LogP contribution in [-0.4, -0.2) is 66.7 Å². The molecule has 0 fully saturated rings. The number of alkyl halides is 3. The van der Waals surface area contributed by atoms with Crippen LogP contribution in [0.3, 0.4) is 0 Å². The van der Waals surface area contributed by atoms with E-state index < -0.39 is 40.2 Å². The summed E-state index contributed by atoms with van der Waals surface area (Å²) in [4.78, 5) is 29.1. The van der Waals surface area contributed by atoms with E-state index in [1.165, 1.54) is 31.1 Å². The number of hydrazine groups is 1. The molecule has 4 aromatic rings. The number of hydrogen-bond donors (Lipinski definition) is 1. The Balaban J connectivity index is 1.18. The number of amides is 1. The van der Waals surface area contributed by atoms with Crippen molar-refractivity contribution < 1.29 is 50.5 Å². The molecule has 0 radical (unpaired) electrons. The van der Waals surface area contributed by atoms with E-state index in [4.69, 9.17) is 14.3 Å². The second-order valence-corrected chi connectivity index (χ2v) is 13.2. The normalized spacial score (nSPS) is 12.5. The Kier molecular flexibility index (Phi) is 13.2. The highest BCUT2D eigenvalue weighted by Crippen LogP contribution is 2.33. The minimum absolute atomic E-state index is 0.0742. The van der Waals surface area contributed by atoms with Crippen LogP contribution < -0.4 is 4.72 Å². The van der Waals surface area contributed by atoms with Gasteiger partial charge in [0.25, 0.3) is 16.3 Å². The quantitative estimate of drug-likeness (QED) is 0.0322. The summed E-state index contributed by atoms with van der Waals surface area (Å²) in [5.74, 6) is -0.627. The standard InChI is InChI=1S/C34H37F3N6O8S/c1-24-13-15-26(16-14-24)30-23-31(34(35,36)37)38-42(30)28-17-19-29(20-18-28)52(47,48)39-33(45)49-22-10-5-4-9-21-41(3)43(46)40-51-25(2)50-32(44)27-11-7-6-8-12-27/h6-8,11-20,23,25H,4-5,9-10,21-22H2,1-3H3,(H,39,45). The van der Waals surface area contributed by atoms with Crippen LogP contribution in [0.5, 0.6) is 0 Å². The number of unbranched alkanes of at least 4 members (excludes halogenated alkanes) is 3. The zero-order chi connectivity index (χ0) is 37.9. The molecule has 0 aliphatic heterocycles. The van der Waals surface area contributed by atoms with Crippen LogP contribution in [0.1, 0.15) is 54.2 Å². The third-order valence-electron chi connectivity index (χ3n) is 7.41. The Bertz CT molecular complexity index is 1940. The number of rotatable bonds is 16. The summed E-state index contributed by atoms with van der Waals surface area (Å²) in [7, 11) is -2.87. The van der Waals surface area contributed by atoms with E-state index in [9.17, 15) is 36.4 Å². The first-order valence-corrected chi connectivity index (χ1v) is 17.5. The van der Waals surface area contributed by atoms with E-state index in [0.717, 1.165) is 28.4 Å². The molecule has 0 aliphatic rings. The summed E-state index contributed by atoms with van der Waals surface area (Å²) in [6, 6.07) is 20.8. The van der Waals surface area contributed by atoms with Crippen LogP contribution in [0.25, 0.3) is 16.9 Å². The van der Waals surface area contributed by atoms with E-state index in [-0.39, 0.29) is 27.9 Å². The summed E-state index contributed by atoms with van der Waals surface area (Å²) in [5.41, 5.74) is 0.922. The monoisotopic (exact) mass is 746 g/mol. The summed E-state index contributed by atoms with van der Waals surface area (Å²) in [6.45, 7) is 3.49. The molecule has 0 spiro atoms. The molecule has 4 rings (SSSR count). The number of carbonyl (C=O) groups excluding carboxylic acids is 2. The first-order chi connectivity index (χ1) is 24.6. The predicted octanol–water partition coefficient (Wildman–Crippen LogP) is 6.79. The van der Waals surface area contributed by atoms with Crippen molar-refractivity contribution in [3.8, 4) is 16.9 Å². The minimum atomic E-state index is -4.70. The van der Waals surface area contributed by atoms with Crippen molar-refractivity contribution in [3.05, 3.63) is 107 Å². The van der Waals surface area contributed by atoms with Crippen LogP contribution in [0.2, 0.25) is 0 Å². The molecule has 3 aromatic carbocycles. The molecule has 278 valence electrons. The van der Waals surface area contributed by atoms with Gasteiger partial charge in [-0.25, -0.2) is 27.4 Å². The molecule has 1 unspecified atom stereocenters. The van der Waals surface area contributed by atoms with Gasteiger partial charge < -0.3 is 14.7 Å². The average molecular weight is 747 g/mol. The Morgan fingerprint density at radius 1 is 1.00 bits per heavy atom. The fourth-order valence-corrected chi connectivity index (χ4v) is 5.53. The number of ether oxygens (including phenoxy) is 2. The first kappa shape index (κ1) is 39.1. The van der Waals surface area contributed by atoms with Gasteiger partial charge in [0.05, 0.1) is 47.0 Å². The second kappa shape index (κ2) is 17.5. The van der Waals surface area contributed by atoms with Crippen LogP contribution in [0.15, 0.2) is 95.1 Å². The number of esters is 1. The van der Waals surface area contributed by atoms with Gasteiger partial charge in [0.15, 0.2) is 5.69 Å². The van der Waals surface area contributed by atoms with Crippen LogP contribution in [0, 0.1) is 12.1 Å². The molecule has 1 aromatic heterocycles. The smallest absolute Gasteiger partial charge is 0.435 e. The molecule has 0 saturated heterocycles. The first-order valence-electron chi connectivity index (χ1n) is 16.0. The molecule has 14 nitrogen and oxygen atoms in total. The van der Waals surface area contributed by atoms with E-state index >= 15 is 0 Å². The lowest BCUT2D eigenvalue weighted by molar-refractivity contribution is -0.707. The minimum Gasteiger partial charge on any atom is -0.569 e. The van der Waals surface area contributed by atoms with E-state index in [0.29, 0.717) is 43.4 Å². The Hall–Kier alpha value is -5.65. The lowest BCUT2D eigenvalue weighted by Crippen LogP contribution is -2.31. The van der Waals surface area contributed by atoms with Crippen LogP contribution in [-0.2, 0) is 30.5 Å². The van der Waals surface area contributed by atoms with Gasteiger partial charge in [0.1, 0.15) is 0 Å². The van der Waals surface area contributed by atoms with E-state index in [1.54, 1.807) is 54.6 Å². The van der Waals surface area contributed by atoms with Gasteiger partial charge in [-0.1, -0.05) is 54.4 Å². The maximum absolute atomic E-state index is 13.5. The van der Waals surface area contributed by atoms with Gasteiger partial charge >= 0.3 is 18.2 Å². The highest BCUT2D eigenvalue weighted by Gasteiger charge is 2.35. The average Bonchev–Trinajstić information content (AvgIpc) is 3.57. The third-order valence-corrected chi connectivity index (χ3v) is 8.73. The van der Waals surface area contributed by atoms with Gasteiger partial charge in [-0.3, -0.25) is 4.84 Å². The van der Waals surface area contributed by atoms with Crippen molar-refractivity contribution in [2.45, 2.75) is 56.9 Å². The summed E-state index contributed by atoms with van der Waals surface area (Å²) < 4.78 is 79.0. The lowest BCUT2D eigenvalue weighted by Gasteiger charge is -2.14. The van der Waals surface area contributed by atoms with Crippen molar-refractivity contribution in [2.24, 2.45) is 5.28 Å². The summed E-state index contributed by atoms with van der Waals surface area (Å²) in [6.07, 6.45) is -4.77. The van der Waals surface area contributed by atoms with Gasteiger partial charge in [0.2, 0.25) is 5.28 Å². The Morgan fingerprint density at radius 3 is 2.31 bits per heavy atom. The van der Waals surface area contributed by atoms with E-state index in [1.807, 2.05) is 11.6 Å². The molecule has 18 heteroatoms. The largest absolute Gasteiger partial charge is 0.569 e. The number of aromatic nitrogens is 2. The van der Waals surface area contributed by atoms with Gasteiger partial charge in [-0.15, -0.1) is 5.01 Å². The number of benzene rings is 3. The number of halogens is 3. The third kappa shape index (κ3) is 11.2. The molecule has 1 amide bonds. The molecule has 52 heavy (non-hydrogen) atoms. The van der Waals surface area contributed by atoms with Gasteiger partial charge in [-0.2, -0.15) is 18.3 Å². The van der Waals surface area contributed by atoms with Crippen molar-refractivity contribution in [2.75, 3.05) is 20.2 Å².